The average Bonchev–Trinajstić information content (AvgIpc) is 2.79. The van der Waals surface area contributed by atoms with Gasteiger partial charge in [0.05, 0.1) is 26.4 Å². The fourth-order valence-corrected chi connectivity index (χ4v) is 3.18. The molecular weight excluding hydrogens is 392 g/mol. The Morgan fingerprint density at radius 1 is 0.828 bits per heavy atom. The van der Waals surface area contributed by atoms with E-state index in [-0.39, 0.29) is 0 Å². The predicted octanol–water partition coefficient (Wildman–Crippen LogP) is 0.858. The number of hydrazine groups is 1. The third-order valence-electron chi connectivity index (χ3n) is 4.52. The Bertz CT molecular complexity index is 777. The van der Waals surface area contributed by atoms with Gasteiger partial charge in [0, 0.05) is 31.9 Å². The maximum atomic E-state index is 5.44. The molecule has 2 fully saturated rings. The van der Waals surface area contributed by atoms with Crippen LogP contribution < -0.4 is 26.0 Å². The summed E-state index contributed by atoms with van der Waals surface area (Å²) in [7, 11) is 0. The largest absolute Gasteiger partial charge is 0.378 e. The van der Waals surface area contributed by atoms with Crippen molar-refractivity contribution in [2.45, 2.75) is 0 Å². The zero-order chi connectivity index (χ0) is 19.9. The highest BCUT2D eigenvalue weighted by atomic mass is 32.1. The average molecular weight is 417 g/mol. The number of para-hydroxylation sites is 1. The van der Waals surface area contributed by atoms with E-state index in [4.69, 9.17) is 21.7 Å². The molecule has 0 amide bonds. The molecule has 154 valence electrons. The minimum Gasteiger partial charge on any atom is -0.378 e. The van der Waals surface area contributed by atoms with E-state index in [1.54, 1.807) is 0 Å². The lowest BCUT2D eigenvalue weighted by Gasteiger charge is -2.30. The van der Waals surface area contributed by atoms with Crippen molar-refractivity contribution in [1.29, 1.82) is 0 Å². The molecule has 0 spiro atoms. The second kappa shape index (κ2) is 9.63. The van der Waals surface area contributed by atoms with E-state index in [1.165, 1.54) is 0 Å². The number of hydrogen-bond acceptors (Lipinski definition) is 9. The van der Waals surface area contributed by atoms with Crippen LogP contribution in [0.2, 0.25) is 0 Å². The highest BCUT2D eigenvalue weighted by Gasteiger charge is 2.20. The zero-order valence-corrected chi connectivity index (χ0v) is 16.8. The first-order valence-corrected chi connectivity index (χ1v) is 9.98. The molecule has 11 heteroatoms. The summed E-state index contributed by atoms with van der Waals surface area (Å²) in [6.45, 7) is 5.60. The lowest BCUT2D eigenvalue weighted by molar-refractivity contribution is 0.121. The summed E-state index contributed by atoms with van der Waals surface area (Å²) in [6, 6.07) is 9.69. The van der Waals surface area contributed by atoms with Gasteiger partial charge in [-0.15, -0.1) is 0 Å². The van der Waals surface area contributed by atoms with Crippen molar-refractivity contribution in [3.05, 3.63) is 30.3 Å². The minimum absolute atomic E-state index is 0.403. The van der Waals surface area contributed by atoms with Crippen LogP contribution in [0.4, 0.5) is 23.5 Å². The molecule has 0 atom stereocenters. The van der Waals surface area contributed by atoms with Gasteiger partial charge < -0.3 is 24.6 Å². The zero-order valence-electron chi connectivity index (χ0n) is 16.0. The van der Waals surface area contributed by atoms with Gasteiger partial charge in [0.15, 0.2) is 5.11 Å². The number of rotatable bonds is 5. The molecule has 3 N–H and O–H groups in total. The fourth-order valence-electron chi connectivity index (χ4n) is 3.02. The highest BCUT2D eigenvalue weighted by molar-refractivity contribution is 7.80. The Morgan fingerprint density at radius 3 is 1.93 bits per heavy atom. The summed E-state index contributed by atoms with van der Waals surface area (Å²) in [5.74, 6) is 1.65. The number of morpholine rings is 2. The van der Waals surface area contributed by atoms with E-state index < -0.39 is 0 Å². The van der Waals surface area contributed by atoms with E-state index in [9.17, 15) is 0 Å². The van der Waals surface area contributed by atoms with E-state index in [2.05, 4.69) is 40.9 Å². The first-order valence-electron chi connectivity index (χ1n) is 9.57. The molecule has 1 aromatic heterocycles. The summed E-state index contributed by atoms with van der Waals surface area (Å²) in [5, 5.41) is 3.52. The van der Waals surface area contributed by atoms with Crippen molar-refractivity contribution in [1.82, 2.24) is 20.4 Å². The van der Waals surface area contributed by atoms with Crippen LogP contribution in [0, 0.1) is 0 Å². The van der Waals surface area contributed by atoms with E-state index in [1.807, 2.05) is 30.3 Å². The molecule has 4 rings (SSSR count). The molecule has 0 bridgehead atoms. The molecule has 29 heavy (non-hydrogen) atoms. The van der Waals surface area contributed by atoms with Crippen LogP contribution in [0.15, 0.2) is 30.3 Å². The molecule has 0 aliphatic carbocycles. The van der Waals surface area contributed by atoms with Crippen molar-refractivity contribution in [3.8, 4) is 0 Å². The Kier molecular flexibility index (Phi) is 6.49. The van der Waals surface area contributed by atoms with E-state index in [0.29, 0.717) is 49.4 Å². The third kappa shape index (κ3) is 5.40. The number of hydrogen-bond donors (Lipinski definition) is 3. The predicted molar refractivity (Wildman–Crippen MR) is 115 cm³/mol. The van der Waals surface area contributed by atoms with Gasteiger partial charge in [-0.05, 0) is 24.4 Å². The number of nitrogens with one attached hydrogen (secondary N) is 3. The third-order valence-corrected chi connectivity index (χ3v) is 4.72. The standard InChI is InChI=1S/C18H24N8O2S/c29-18(19-14-4-2-1-3-5-14)24-23-15-20-16(25-6-10-27-11-7-25)22-17(21-15)26-8-12-28-13-9-26/h1-5H,6-13H2,(H2,19,24,29)(H,20,21,22,23). The van der Waals surface area contributed by atoms with Crippen molar-refractivity contribution in [3.63, 3.8) is 0 Å². The molecule has 0 unspecified atom stereocenters. The van der Waals surface area contributed by atoms with Gasteiger partial charge in [0.1, 0.15) is 0 Å². The monoisotopic (exact) mass is 416 g/mol. The van der Waals surface area contributed by atoms with Crippen molar-refractivity contribution < 1.29 is 9.47 Å². The Hall–Kier alpha value is -2.76. The summed E-state index contributed by atoms with van der Waals surface area (Å²) in [6.07, 6.45) is 0. The Balaban J connectivity index is 1.47. The van der Waals surface area contributed by atoms with Crippen molar-refractivity contribution in [2.24, 2.45) is 0 Å². The molecular formula is C18H24N8O2S. The number of benzene rings is 1. The second-order valence-corrected chi connectivity index (χ2v) is 6.94. The van der Waals surface area contributed by atoms with Crippen LogP contribution in [0.1, 0.15) is 0 Å². The van der Waals surface area contributed by atoms with Gasteiger partial charge in [-0.1, -0.05) is 18.2 Å². The maximum Gasteiger partial charge on any atom is 0.248 e. The molecule has 10 nitrogen and oxygen atoms in total. The van der Waals surface area contributed by atoms with Gasteiger partial charge in [-0.2, -0.15) is 15.0 Å². The van der Waals surface area contributed by atoms with Crippen LogP contribution in [0.25, 0.3) is 0 Å². The molecule has 1 aromatic carbocycles. The summed E-state index contributed by atoms with van der Waals surface area (Å²) in [4.78, 5) is 18.0. The molecule has 2 saturated heterocycles. The van der Waals surface area contributed by atoms with Gasteiger partial charge >= 0.3 is 0 Å². The van der Waals surface area contributed by atoms with Crippen LogP contribution in [0.3, 0.4) is 0 Å². The maximum absolute atomic E-state index is 5.44. The minimum atomic E-state index is 0.403. The number of ether oxygens (including phenoxy) is 2. The number of thiocarbonyl (C=S) groups is 1. The van der Waals surface area contributed by atoms with Gasteiger partial charge in [0.2, 0.25) is 17.8 Å². The van der Waals surface area contributed by atoms with Crippen LogP contribution >= 0.6 is 12.2 Å². The summed E-state index contributed by atoms with van der Waals surface area (Å²) in [5.41, 5.74) is 6.82. The quantitative estimate of drug-likeness (QED) is 0.478. The fraction of sp³-hybridized carbons (Fsp3) is 0.444. The number of anilines is 4. The summed E-state index contributed by atoms with van der Waals surface area (Å²) >= 11 is 5.34. The van der Waals surface area contributed by atoms with E-state index in [0.717, 1.165) is 31.9 Å². The van der Waals surface area contributed by atoms with Crippen molar-refractivity contribution in [2.75, 3.05) is 73.1 Å². The lowest BCUT2D eigenvalue weighted by atomic mass is 10.3. The van der Waals surface area contributed by atoms with E-state index >= 15 is 0 Å². The Labute approximate surface area is 174 Å². The van der Waals surface area contributed by atoms with Gasteiger partial charge in [-0.3, -0.25) is 10.9 Å². The topological polar surface area (TPSA) is 99.7 Å². The van der Waals surface area contributed by atoms with Gasteiger partial charge in [0.25, 0.3) is 0 Å². The van der Waals surface area contributed by atoms with Crippen LogP contribution in [-0.2, 0) is 9.47 Å². The first-order chi connectivity index (χ1) is 14.3. The molecule has 2 aliphatic rings. The molecule has 2 aromatic rings. The number of nitrogens with zero attached hydrogens (tertiary/aromatic N) is 5. The molecule has 3 heterocycles. The normalized spacial score (nSPS) is 17.0. The number of aromatic nitrogens is 3. The first kappa shape index (κ1) is 19.6. The van der Waals surface area contributed by atoms with Crippen LogP contribution in [-0.4, -0.2) is 72.7 Å². The smallest absolute Gasteiger partial charge is 0.248 e. The van der Waals surface area contributed by atoms with Crippen LogP contribution in [0.5, 0.6) is 0 Å². The van der Waals surface area contributed by atoms with Crippen molar-refractivity contribution >= 4 is 40.9 Å². The SMILES string of the molecule is S=C(NNc1nc(N2CCOCC2)nc(N2CCOCC2)n1)Nc1ccccc1. The highest BCUT2D eigenvalue weighted by Crippen LogP contribution is 2.18. The van der Waals surface area contributed by atoms with Gasteiger partial charge in [-0.25, -0.2) is 0 Å². The summed E-state index contributed by atoms with van der Waals surface area (Å²) < 4.78 is 10.9. The molecule has 2 aliphatic heterocycles. The Morgan fingerprint density at radius 2 is 1.38 bits per heavy atom. The molecule has 0 radical (unpaired) electrons. The lowest BCUT2D eigenvalue weighted by Crippen LogP contribution is -2.40. The molecule has 0 saturated carbocycles. The second-order valence-electron chi connectivity index (χ2n) is 6.53.